The third-order valence-corrected chi connectivity index (χ3v) is 4.47. The SMILES string of the molecule is CC(O)(CNCc1cccs1)C1CCCC1. The molecule has 1 saturated carbocycles. The summed E-state index contributed by atoms with van der Waals surface area (Å²) in [5, 5.41) is 15.8. The highest BCUT2D eigenvalue weighted by Gasteiger charge is 2.33. The molecule has 2 N–H and O–H groups in total. The largest absolute Gasteiger partial charge is 0.389 e. The van der Waals surface area contributed by atoms with E-state index in [0.29, 0.717) is 12.5 Å². The van der Waals surface area contributed by atoms with Gasteiger partial charge in [0, 0.05) is 18.0 Å². The van der Waals surface area contributed by atoms with Crippen molar-refractivity contribution >= 4 is 11.3 Å². The number of nitrogens with one attached hydrogen (secondary N) is 1. The minimum Gasteiger partial charge on any atom is -0.389 e. The van der Waals surface area contributed by atoms with Crippen molar-refractivity contribution in [1.29, 1.82) is 0 Å². The Morgan fingerprint density at radius 2 is 2.25 bits per heavy atom. The van der Waals surface area contributed by atoms with Crippen LogP contribution in [0.1, 0.15) is 37.5 Å². The quantitative estimate of drug-likeness (QED) is 0.828. The lowest BCUT2D eigenvalue weighted by atomic mass is 9.88. The van der Waals surface area contributed by atoms with E-state index in [1.54, 1.807) is 11.3 Å². The molecule has 2 nitrogen and oxygen atoms in total. The van der Waals surface area contributed by atoms with Gasteiger partial charge in [0.05, 0.1) is 5.60 Å². The van der Waals surface area contributed by atoms with E-state index in [2.05, 4.69) is 22.8 Å². The van der Waals surface area contributed by atoms with E-state index in [9.17, 15) is 5.11 Å². The van der Waals surface area contributed by atoms with E-state index in [1.807, 2.05) is 6.92 Å². The van der Waals surface area contributed by atoms with Gasteiger partial charge in [-0.3, -0.25) is 0 Å². The van der Waals surface area contributed by atoms with Gasteiger partial charge in [0.25, 0.3) is 0 Å². The van der Waals surface area contributed by atoms with Crippen LogP contribution in [0.3, 0.4) is 0 Å². The van der Waals surface area contributed by atoms with Crippen LogP contribution in [0.25, 0.3) is 0 Å². The molecule has 1 fully saturated rings. The Morgan fingerprint density at radius 1 is 1.50 bits per heavy atom. The second-order valence-corrected chi connectivity index (χ2v) is 6.05. The molecule has 2 rings (SSSR count). The Bertz CT molecular complexity index is 302. The number of hydrogen-bond acceptors (Lipinski definition) is 3. The lowest BCUT2D eigenvalue weighted by molar-refractivity contribution is 0.00221. The fraction of sp³-hybridized carbons (Fsp3) is 0.692. The standard InChI is InChI=1S/C13H21NOS/c1-13(15,11-5-2-3-6-11)10-14-9-12-7-4-8-16-12/h4,7-8,11,14-15H,2-3,5-6,9-10H2,1H3. The van der Waals surface area contributed by atoms with Gasteiger partial charge in [-0.15, -0.1) is 11.3 Å². The van der Waals surface area contributed by atoms with Crippen LogP contribution in [0.5, 0.6) is 0 Å². The summed E-state index contributed by atoms with van der Waals surface area (Å²) in [6.07, 6.45) is 4.94. The highest BCUT2D eigenvalue weighted by Crippen LogP contribution is 2.33. The van der Waals surface area contributed by atoms with E-state index in [0.717, 1.165) is 6.54 Å². The molecule has 0 spiro atoms. The summed E-state index contributed by atoms with van der Waals surface area (Å²) in [5.74, 6) is 0.489. The molecule has 1 aromatic rings. The molecule has 1 aliphatic rings. The van der Waals surface area contributed by atoms with Gasteiger partial charge in [-0.05, 0) is 37.1 Å². The molecule has 0 bridgehead atoms. The van der Waals surface area contributed by atoms with Gasteiger partial charge in [-0.25, -0.2) is 0 Å². The summed E-state index contributed by atoms with van der Waals surface area (Å²) in [5.41, 5.74) is -0.534. The fourth-order valence-corrected chi connectivity index (χ4v) is 3.22. The monoisotopic (exact) mass is 239 g/mol. The topological polar surface area (TPSA) is 32.3 Å². The zero-order valence-corrected chi connectivity index (χ0v) is 10.7. The van der Waals surface area contributed by atoms with E-state index in [4.69, 9.17) is 0 Å². The lowest BCUT2D eigenvalue weighted by Crippen LogP contribution is -2.43. The highest BCUT2D eigenvalue weighted by molar-refractivity contribution is 7.09. The molecular formula is C13H21NOS. The molecule has 3 heteroatoms. The smallest absolute Gasteiger partial charge is 0.0771 e. The van der Waals surface area contributed by atoms with Crippen molar-refractivity contribution in [1.82, 2.24) is 5.32 Å². The van der Waals surface area contributed by atoms with Gasteiger partial charge < -0.3 is 10.4 Å². The van der Waals surface area contributed by atoms with Gasteiger partial charge in [0.2, 0.25) is 0 Å². The van der Waals surface area contributed by atoms with Crippen molar-refractivity contribution in [3.63, 3.8) is 0 Å². The fourth-order valence-electron chi connectivity index (χ4n) is 2.54. The van der Waals surface area contributed by atoms with E-state index < -0.39 is 5.60 Å². The maximum absolute atomic E-state index is 10.4. The minimum absolute atomic E-state index is 0.489. The van der Waals surface area contributed by atoms with Crippen LogP contribution in [-0.4, -0.2) is 17.3 Å². The third kappa shape index (κ3) is 3.06. The van der Waals surface area contributed by atoms with Crippen molar-refractivity contribution in [2.45, 2.75) is 44.8 Å². The van der Waals surface area contributed by atoms with Crippen molar-refractivity contribution in [2.75, 3.05) is 6.54 Å². The first-order valence-corrected chi connectivity index (χ1v) is 7.02. The minimum atomic E-state index is -0.534. The molecule has 1 unspecified atom stereocenters. The van der Waals surface area contributed by atoms with Gasteiger partial charge in [0.15, 0.2) is 0 Å². The average molecular weight is 239 g/mol. The van der Waals surface area contributed by atoms with Crippen LogP contribution < -0.4 is 5.32 Å². The summed E-state index contributed by atoms with van der Waals surface area (Å²) in [7, 11) is 0. The molecule has 0 aliphatic heterocycles. The average Bonchev–Trinajstić information content (AvgIpc) is 2.90. The predicted octanol–water partition coefficient (Wildman–Crippen LogP) is 2.78. The number of hydrogen-bond donors (Lipinski definition) is 2. The van der Waals surface area contributed by atoms with Gasteiger partial charge >= 0.3 is 0 Å². The maximum Gasteiger partial charge on any atom is 0.0771 e. The molecular weight excluding hydrogens is 218 g/mol. The van der Waals surface area contributed by atoms with Crippen LogP contribution >= 0.6 is 11.3 Å². The third-order valence-electron chi connectivity index (χ3n) is 3.60. The zero-order valence-electron chi connectivity index (χ0n) is 9.91. The van der Waals surface area contributed by atoms with Crippen LogP contribution in [0.2, 0.25) is 0 Å². The molecule has 0 amide bonds. The molecule has 0 radical (unpaired) electrons. The van der Waals surface area contributed by atoms with Gasteiger partial charge in [0.1, 0.15) is 0 Å². The summed E-state index contributed by atoms with van der Waals surface area (Å²) < 4.78 is 0. The van der Waals surface area contributed by atoms with E-state index in [1.165, 1.54) is 30.6 Å². The number of rotatable bonds is 5. The van der Waals surface area contributed by atoms with Crippen LogP contribution in [0.4, 0.5) is 0 Å². The van der Waals surface area contributed by atoms with Crippen molar-refractivity contribution in [3.8, 4) is 0 Å². The first kappa shape index (κ1) is 12.1. The molecule has 0 saturated heterocycles. The first-order valence-electron chi connectivity index (χ1n) is 6.14. The predicted molar refractivity (Wildman–Crippen MR) is 68.6 cm³/mol. The van der Waals surface area contributed by atoms with Crippen LogP contribution in [-0.2, 0) is 6.54 Å². The molecule has 1 heterocycles. The Hall–Kier alpha value is -0.380. The number of aliphatic hydroxyl groups is 1. The second kappa shape index (κ2) is 5.30. The Kier molecular flexibility index (Phi) is 4.00. The van der Waals surface area contributed by atoms with E-state index >= 15 is 0 Å². The molecule has 0 aromatic carbocycles. The Morgan fingerprint density at radius 3 is 2.88 bits per heavy atom. The molecule has 90 valence electrons. The Labute approximate surface area is 102 Å². The molecule has 1 aliphatic carbocycles. The van der Waals surface area contributed by atoms with E-state index in [-0.39, 0.29) is 0 Å². The zero-order chi connectivity index (χ0) is 11.4. The number of thiophene rings is 1. The van der Waals surface area contributed by atoms with Crippen molar-refractivity contribution in [2.24, 2.45) is 5.92 Å². The Balaban J connectivity index is 1.75. The van der Waals surface area contributed by atoms with Crippen molar-refractivity contribution < 1.29 is 5.11 Å². The second-order valence-electron chi connectivity index (χ2n) is 5.02. The summed E-state index contributed by atoms with van der Waals surface area (Å²) >= 11 is 1.76. The highest BCUT2D eigenvalue weighted by atomic mass is 32.1. The van der Waals surface area contributed by atoms with Crippen LogP contribution in [0.15, 0.2) is 17.5 Å². The summed E-state index contributed by atoms with van der Waals surface area (Å²) in [6.45, 7) is 3.56. The maximum atomic E-state index is 10.4. The molecule has 1 aromatic heterocycles. The molecule has 16 heavy (non-hydrogen) atoms. The summed E-state index contributed by atoms with van der Waals surface area (Å²) in [6, 6.07) is 4.19. The van der Waals surface area contributed by atoms with Crippen LogP contribution in [0, 0.1) is 5.92 Å². The first-order chi connectivity index (χ1) is 7.68. The van der Waals surface area contributed by atoms with Gasteiger partial charge in [-0.1, -0.05) is 18.9 Å². The van der Waals surface area contributed by atoms with Gasteiger partial charge in [-0.2, -0.15) is 0 Å². The summed E-state index contributed by atoms with van der Waals surface area (Å²) in [4.78, 5) is 1.34. The lowest BCUT2D eigenvalue weighted by Gasteiger charge is -2.30. The molecule has 1 atom stereocenters. The normalized spacial score (nSPS) is 21.1. The van der Waals surface area contributed by atoms with Crippen molar-refractivity contribution in [3.05, 3.63) is 22.4 Å².